The monoisotopic (exact) mass is 197 g/mol. The van der Waals surface area contributed by atoms with E-state index < -0.39 is 0 Å². The Kier molecular flexibility index (Phi) is 3.66. The van der Waals surface area contributed by atoms with E-state index in [-0.39, 0.29) is 5.54 Å². The molecule has 0 saturated heterocycles. The van der Waals surface area contributed by atoms with E-state index in [2.05, 4.69) is 5.10 Å². The molecule has 1 aromatic rings. The van der Waals surface area contributed by atoms with Gasteiger partial charge in [-0.15, -0.1) is 0 Å². The molecule has 4 heteroatoms. The average molecular weight is 197 g/mol. The summed E-state index contributed by atoms with van der Waals surface area (Å²) in [5.74, 6) is 0. The summed E-state index contributed by atoms with van der Waals surface area (Å²) in [5, 5.41) is 4.11. The first-order chi connectivity index (χ1) is 6.53. The van der Waals surface area contributed by atoms with Crippen molar-refractivity contribution in [2.75, 3.05) is 13.7 Å². The van der Waals surface area contributed by atoms with Crippen molar-refractivity contribution in [2.45, 2.75) is 25.3 Å². The molecule has 0 radical (unpaired) electrons. The number of nitrogens with zero attached hydrogens (tertiary/aromatic N) is 2. The molecule has 1 heterocycles. The molecule has 1 aromatic heterocycles. The molecule has 0 aliphatic carbocycles. The van der Waals surface area contributed by atoms with Gasteiger partial charge in [0.15, 0.2) is 0 Å². The summed E-state index contributed by atoms with van der Waals surface area (Å²) in [5.41, 5.74) is 7.09. The van der Waals surface area contributed by atoms with Crippen molar-refractivity contribution in [3.63, 3.8) is 0 Å². The standard InChI is InChI=1S/C10H19N3O/c1-10(11,4-5-14-3)6-9-7-12-13(2)8-9/h7-8H,4-6,11H2,1-3H3. The van der Waals surface area contributed by atoms with Crippen LogP contribution in [0.3, 0.4) is 0 Å². The summed E-state index contributed by atoms with van der Waals surface area (Å²) < 4.78 is 6.81. The fourth-order valence-electron chi connectivity index (χ4n) is 1.45. The van der Waals surface area contributed by atoms with Crippen LogP contribution in [0.5, 0.6) is 0 Å². The van der Waals surface area contributed by atoms with E-state index in [1.807, 2.05) is 26.4 Å². The molecule has 0 spiro atoms. The molecule has 0 saturated carbocycles. The molecule has 1 unspecified atom stereocenters. The van der Waals surface area contributed by atoms with Crippen molar-refractivity contribution in [2.24, 2.45) is 12.8 Å². The zero-order valence-corrected chi connectivity index (χ0v) is 9.16. The molecule has 80 valence electrons. The second-order valence-corrected chi connectivity index (χ2v) is 4.10. The molecule has 4 nitrogen and oxygen atoms in total. The number of aromatic nitrogens is 2. The van der Waals surface area contributed by atoms with Gasteiger partial charge in [-0.2, -0.15) is 5.10 Å². The summed E-state index contributed by atoms with van der Waals surface area (Å²) >= 11 is 0. The van der Waals surface area contributed by atoms with Gasteiger partial charge in [0.25, 0.3) is 0 Å². The maximum absolute atomic E-state index is 6.13. The minimum atomic E-state index is -0.209. The maximum Gasteiger partial charge on any atom is 0.0522 e. The van der Waals surface area contributed by atoms with Gasteiger partial charge < -0.3 is 10.5 Å². The number of hydrogen-bond donors (Lipinski definition) is 1. The van der Waals surface area contributed by atoms with E-state index in [4.69, 9.17) is 10.5 Å². The second kappa shape index (κ2) is 4.57. The molecule has 0 aliphatic rings. The SMILES string of the molecule is COCCC(C)(N)Cc1cnn(C)c1. The Morgan fingerprint density at radius 3 is 2.86 bits per heavy atom. The third-order valence-electron chi connectivity index (χ3n) is 2.24. The molecule has 14 heavy (non-hydrogen) atoms. The lowest BCUT2D eigenvalue weighted by molar-refractivity contribution is 0.171. The van der Waals surface area contributed by atoms with Crippen LogP contribution in [0.25, 0.3) is 0 Å². The summed E-state index contributed by atoms with van der Waals surface area (Å²) in [4.78, 5) is 0. The zero-order chi connectivity index (χ0) is 10.6. The molecule has 2 N–H and O–H groups in total. The zero-order valence-electron chi connectivity index (χ0n) is 9.16. The second-order valence-electron chi connectivity index (χ2n) is 4.10. The van der Waals surface area contributed by atoms with Crippen LogP contribution in [-0.4, -0.2) is 29.0 Å². The van der Waals surface area contributed by atoms with Gasteiger partial charge in [-0.3, -0.25) is 4.68 Å². The van der Waals surface area contributed by atoms with Crippen LogP contribution >= 0.6 is 0 Å². The fourth-order valence-corrected chi connectivity index (χ4v) is 1.45. The molecule has 0 aliphatic heterocycles. The van der Waals surface area contributed by atoms with Crippen LogP contribution in [0.2, 0.25) is 0 Å². The highest BCUT2D eigenvalue weighted by molar-refractivity contribution is 5.08. The Balaban J connectivity index is 2.49. The quantitative estimate of drug-likeness (QED) is 0.756. The number of hydrogen-bond acceptors (Lipinski definition) is 3. The van der Waals surface area contributed by atoms with Gasteiger partial charge in [0.1, 0.15) is 0 Å². The van der Waals surface area contributed by atoms with Gasteiger partial charge in [0.05, 0.1) is 6.20 Å². The lowest BCUT2D eigenvalue weighted by atomic mass is 9.92. The van der Waals surface area contributed by atoms with E-state index in [1.165, 1.54) is 5.56 Å². The minimum Gasteiger partial charge on any atom is -0.385 e. The molecule has 0 amide bonds. The lowest BCUT2D eigenvalue weighted by Gasteiger charge is -2.23. The first kappa shape index (κ1) is 11.2. The van der Waals surface area contributed by atoms with Crippen molar-refractivity contribution < 1.29 is 4.74 Å². The largest absolute Gasteiger partial charge is 0.385 e. The van der Waals surface area contributed by atoms with Crippen molar-refractivity contribution in [3.8, 4) is 0 Å². The molecule has 1 atom stereocenters. The Hall–Kier alpha value is -0.870. The third kappa shape index (κ3) is 3.47. The van der Waals surface area contributed by atoms with E-state index in [1.54, 1.807) is 11.8 Å². The Labute approximate surface area is 85.0 Å². The molecular formula is C10H19N3O. The lowest BCUT2D eigenvalue weighted by Crippen LogP contribution is -2.39. The average Bonchev–Trinajstić information content (AvgIpc) is 2.47. The minimum absolute atomic E-state index is 0.209. The molecular weight excluding hydrogens is 178 g/mol. The molecule has 0 bridgehead atoms. The van der Waals surface area contributed by atoms with Gasteiger partial charge in [0.2, 0.25) is 0 Å². The van der Waals surface area contributed by atoms with Gasteiger partial charge >= 0.3 is 0 Å². The Morgan fingerprint density at radius 1 is 1.64 bits per heavy atom. The number of aryl methyl sites for hydroxylation is 1. The third-order valence-corrected chi connectivity index (χ3v) is 2.24. The Morgan fingerprint density at radius 2 is 2.36 bits per heavy atom. The van der Waals surface area contributed by atoms with Gasteiger partial charge in [-0.25, -0.2) is 0 Å². The number of nitrogens with two attached hydrogens (primary N) is 1. The summed E-state index contributed by atoms with van der Waals surface area (Å²) in [6, 6.07) is 0. The van der Waals surface area contributed by atoms with E-state index in [0.717, 1.165) is 12.8 Å². The summed E-state index contributed by atoms with van der Waals surface area (Å²) in [6.07, 6.45) is 5.55. The number of ether oxygens (including phenoxy) is 1. The number of methoxy groups -OCH3 is 1. The normalized spacial score (nSPS) is 15.4. The van der Waals surface area contributed by atoms with E-state index in [9.17, 15) is 0 Å². The van der Waals surface area contributed by atoms with Crippen molar-refractivity contribution in [3.05, 3.63) is 18.0 Å². The van der Waals surface area contributed by atoms with Crippen molar-refractivity contribution in [1.82, 2.24) is 9.78 Å². The smallest absolute Gasteiger partial charge is 0.0522 e. The highest BCUT2D eigenvalue weighted by atomic mass is 16.5. The van der Waals surface area contributed by atoms with Crippen molar-refractivity contribution >= 4 is 0 Å². The topological polar surface area (TPSA) is 53.1 Å². The predicted molar refractivity (Wildman–Crippen MR) is 56.0 cm³/mol. The summed E-state index contributed by atoms with van der Waals surface area (Å²) in [6.45, 7) is 2.74. The molecule has 0 fully saturated rings. The van der Waals surface area contributed by atoms with Gasteiger partial charge in [0, 0.05) is 32.5 Å². The van der Waals surface area contributed by atoms with Crippen LogP contribution in [-0.2, 0) is 18.2 Å². The summed E-state index contributed by atoms with van der Waals surface area (Å²) in [7, 11) is 3.60. The van der Waals surface area contributed by atoms with Crippen LogP contribution in [0.4, 0.5) is 0 Å². The predicted octanol–water partition coefficient (Wildman–Crippen LogP) is 0.716. The van der Waals surface area contributed by atoms with Crippen LogP contribution < -0.4 is 5.73 Å². The highest BCUT2D eigenvalue weighted by Gasteiger charge is 2.19. The molecule has 1 rings (SSSR count). The van der Waals surface area contributed by atoms with E-state index >= 15 is 0 Å². The number of rotatable bonds is 5. The van der Waals surface area contributed by atoms with Crippen molar-refractivity contribution in [1.29, 1.82) is 0 Å². The first-order valence-corrected chi connectivity index (χ1v) is 4.79. The highest BCUT2D eigenvalue weighted by Crippen LogP contribution is 2.13. The first-order valence-electron chi connectivity index (χ1n) is 4.79. The maximum atomic E-state index is 6.13. The van der Waals surface area contributed by atoms with Gasteiger partial charge in [-0.05, 0) is 25.3 Å². The van der Waals surface area contributed by atoms with Gasteiger partial charge in [-0.1, -0.05) is 0 Å². The van der Waals surface area contributed by atoms with Crippen LogP contribution in [0, 0.1) is 0 Å². The van der Waals surface area contributed by atoms with Crippen LogP contribution in [0.1, 0.15) is 18.9 Å². The fraction of sp³-hybridized carbons (Fsp3) is 0.700. The van der Waals surface area contributed by atoms with Crippen LogP contribution in [0.15, 0.2) is 12.4 Å². The van der Waals surface area contributed by atoms with E-state index in [0.29, 0.717) is 6.61 Å². The molecule has 0 aromatic carbocycles. The Bertz CT molecular complexity index is 281.